The summed E-state index contributed by atoms with van der Waals surface area (Å²) in [7, 11) is 0. The number of hydrogen-bond acceptors (Lipinski definition) is 2. The second kappa shape index (κ2) is 5.24. The van der Waals surface area contributed by atoms with E-state index in [1.807, 2.05) is 0 Å². The highest BCUT2D eigenvalue weighted by Gasteiger charge is 2.11. The first-order chi connectivity index (χ1) is 10.1. The van der Waals surface area contributed by atoms with Crippen LogP contribution in [0.4, 0.5) is 4.39 Å². The number of carbonyl (C=O) groups is 1. The third-order valence-corrected chi connectivity index (χ3v) is 3.16. The van der Waals surface area contributed by atoms with E-state index in [9.17, 15) is 14.0 Å². The second-order valence-electron chi connectivity index (χ2n) is 4.62. The molecular formula is C15H12FN3O2. The molecule has 0 aliphatic rings. The van der Waals surface area contributed by atoms with Gasteiger partial charge in [0.15, 0.2) is 0 Å². The third-order valence-electron chi connectivity index (χ3n) is 3.16. The highest BCUT2D eigenvalue weighted by molar-refractivity contribution is 6.04. The predicted molar refractivity (Wildman–Crippen MR) is 76.5 cm³/mol. The molecule has 0 bridgehead atoms. The topological polar surface area (TPSA) is 77.8 Å². The van der Waals surface area contributed by atoms with E-state index in [0.29, 0.717) is 16.6 Å². The number of nitrogens with one attached hydrogen (secondary N) is 3. The van der Waals surface area contributed by atoms with Gasteiger partial charge in [0, 0.05) is 6.54 Å². The van der Waals surface area contributed by atoms with Gasteiger partial charge in [-0.2, -0.15) is 0 Å². The molecule has 0 aliphatic carbocycles. The van der Waals surface area contributed by atoms with E-state index in [0.717, 1.165) is 5.56 Å². The normalized spacial score (nSPS) is 10.7. The molecule has 0 unspecified atom stereocenters. The van der Waals surface area contributed by atoms with Crippen LogP contribution in [0, 0.1) is 5.82 Å². The maximum absolute atomic E-state index is 12.8. The van der Waals surface area contributed by atoms with Crippen LogP contribution in [-0.2, 0) is 6.54 Å². The number of carbonyl (C=O) groups excluding carboxylic acids is 1. The molecule has 0 saturated heterocycles. The van der Waals surface area contributed by atoms with Crippen molar-refractivity contribution in [2.45, 2.75) is 6.54 Å². The summed E-state index contributed by atoms with van der Waals surface area (Å²) in [5.74, 6) is -0.625. The summed E-state index contributed by atoms with van der Waals surface area (Å²) in [6, 6.07) is 10.9. The summed E-state index contributed by atoms with van der Waals surface area (Å²) in [6.45, 7) is 0.282. The molecule has 0 saturated carbocycles. The Kier molecular flexibility index (Phi) is 3.27. The fourth-order valence-corrected chi connectivity index (χ4v) is 2.13. The summed E-state index contributed by atoms with van der Waals surface area (Å²) in [6.07, 6.45) is 0. The molecule has 0 atom stereocenters. The highest BCUT2D eigenvalue weighted by Crippen LogP contribution is 2.13. The van der Waals surface area contributed by atoms with Crippen LogP contribution in [0.1, 0.15) is 15.9 Å². The molecular weight excluding hydrogens is 273 g/mol. The van der Waals surface area contributed by atoms with Crippen molar-refractivity contribution in [2.75, 3.05) is 0 Å². The fourth-order valence-electron chi connectivity index (χ4n) is 2.13. The van der Waals surface area contributed by atoms with Crippen molar-refractivity contribution in [2.24, 2.45) is 0 Å². The van der Waals surface area contributed by atoms with Gasteiger partial charge < -0.3 is 15.3 Å². The van der Waals surface area contributed by atoms with Gasteiger partial charge in [-0.25, -0.2) is 9.18 Å². The molecule has 5 nitrogen and oxygen atoms in total. The van der Waals surface area contributed by atoms with Gasteiger partial charge in [0.25, 0.3) is 5.91 Å². The summed E-state index contributed by atoms with van der Waals surface area (Å²) in [4.78, 5) is 28.7. The van der Waals surface area contributed by atoms with Crippen molar-refractivity contribution in [1.82, 2.24) is 15.3 Å². The molecule has 2 aromatic carbocycles. The van der Waals surface area contributed by atoms with E-state index < -0.39 is 0 Å². The number of halogens is 1. The number of benzene rings is 2. The van der Waals surface area contributed by atoms with Gasteiger partial charge in [-0.3, -0.25) is 4.79 Å². The minimum Gasteiger partial charge on any atom is -0.348 e. The number of H-pyrrole nitrogens is 2. The molecule has 1 aromatic heterocycles. The largest absolute Gasteiger partial charge is 0.348 e. The van der Waals surface area contributed by atoms with Crippen LogP contribution < -0.4 is 11.0 Å². The molecule has 3 aromatic rings. The summed E-state index contributed by atoms with van der Waals surface area (Å²) in [5, 5.41) is 2.74. The quantitative estimate of drug-likeness (QED) is 0.687. The van der Waals surface area contributed by atoms with Crippen LogP contribution in [0.2, 0.25) is 0 Å². The lowest BCUT2D eigenvalue weighted by Crippen LogP contribution is -2.23. The standard InChI is InChI=1S/C15H12FN3O2/c16-10-6-4-9(5-7-10)8-17-14(20)11-2-1-3-12-13(11)19-15(21)18-12/h1-7H,8H2,(H,17,20)(H2,18,19,21). The number of rotatable bonds is 3. The van der Waals surface area contributed by atoms with E-state index >= 15 is 0 Å². The zero-order valence-corrected chi connectivity index (χ0v) is 10.9. The number of hydrogen-bond donors (Lipinski definition) is 3. The Morgan fingerprint density at radius 1 is 1.10 bits per heavy atom. The van der Waals surface area contributed by atoms with Crippen LogP contribution in [-0.4, -0.2) is 15.9 Å². The van der Waals surface area contributed by atoms with Crippen molar-refractivity contribution in [1.29, 1.82) is 0 Å². The zero-order chi connectivity index (χ0) is 14.8. The molecule has 106 valence electrons. The molecule has 3 rings (SSSR count). The summed E-state index contributed by atoms with van der Waals surface area (Å²) in [5.41, 5.74) is 1.87. The lowest BCUT2D eigenvalue weighted by atomic mass is 10.1. The Labute approximate surface area is 118 Å². The Balaban J connectivity index is 1.81. The Morgan fingerprint density at radius 3 is 2.62 bits per heavy atom. The Morgan fingerprint density at radius 2 is 1.86 bits per heavy atom. The Hall–Kier alpha value is -2.89. The van der Waals surface area contributed by atoms with Crippen LogP contribution in [0.5, 0.6) is 0 Å². The van der Waals surface area contributed by atoms with Crippen LogP contribution in [0.3, 0.4) is 0 Å². The SMILES string of the molecule is O=C(NCc1ccc(F)cc1)c1cccc2[nH]c(=O)[nH]c12. The van der Waals surface area contributed by atoms with Crippen LogP contribution in [0.25, 0.3) is 11.0 Å². The maximum atomic E-state index is 12.8. The van der Waals surface area contributed by atoms with Crippen molar-refractivity contribution >= 4 is 16.9 Å². The molecule has 0 radical (unpaired) electrons. The van der Waals surface area contributed by atoms with E-state index in [4.69, 9.17) is 0 Å². The molecule has 0 fully saturated rings. The van der Waals surface area contributed by atoms with Gasteiger partial charge in [-0.1, -0.05) is 18.2 Å². The van der Waals surface area contributed by atoms with Crippen molar-refractivity contribution in [3.63, 3.8) is 0 Å². The third kappa shape index (κ3) is 2.69. The average Bonchev–Trinajstić information content (AvgIpc) is 2.86. The van der Waals surface area contributed by atoms with E-state index in [2.05, 4.69) is 15.3 Å². The van der Waals surface area contributed by atoms with E-state index in [-0.39, 0.29) is 24.0 Å². The molecule has 0 spiro atoms. The average molecular weight is 285 g/mol. The number of aromatic amines is 2. The fraction of sp³-hybridized carbons (Fsp3) is 0.0667. The first kappa shape index (κ1) is 13.1. The Bertz CT molecular complexity index is 849. The molecule has 1 heterocycles. The van der Waals surface area contributed by atoms with Crippen molar-refractivity contribution in [3.05, 3.63) is 69.9 Å². The summed E-state index contributed by atoms with van der Waals surface area (Å²) >= 11 is 0. The van der Waals surface area contributed by atoms with E-state index in [1.165, 1.54) is 12.1 Å². The first-order valence-electron chi connectivity index (χ1n) is 6.37. The predicted octanol–water partition coefficient (Wildman–Crippen LogP) is 1.93. The number of imidazole rings is 1. The summed E-state index contributed by atoms with van der Waals surface area (Å²) < 4.78 is 12.8. The molecule has 6 heteroatoms. The molecule has 1 amide bonds. The molecule has 3 N–H and O–H groups in total. The van der Waals surface area contributed by atoms with Gasteiger partial charge in [0.1, 0.15) is 5.82 Å². The minimum absolute atomic E-state index is 0.282. The van der Waals surface area contributed by atoms with Gasteiger partial charge in [-0.05, 0) is 29.8 Å². The zero-order valence-electron chi connectivity index (χ0n) is 10.9. The second-order valence-corrected chi connectivity index (χ2v) is 4.62. The first-order valence-corrected chi connectivity index (χ1v) is 6.37. The van der Waals surface area contributed by atoms with Gasteiger partial charge in [-0.15, -0.1) is 0 Å². The number of aromatic nitrogens is 2. The van der Waals surface area contributed by atoms with Crippen LogP contribution in [0.15, 0.2) is 47.3 Å². The number of amides is 1. The van der Waals surface area contributed by atoms with Gasteiger partial charge in [0.2, 0.25) is 0 Å². The van der Waals surface area contributed by atoms with Gasteiger partial charge >= 0.3 is 5.69 Å². The lowest BCUT2D eigenvalue weighted by molar-refractivity contribution is 0.0952. The number of para-hydroxylation sites is 1. The maximum Gasteiger partial charge on any atom is 0.323 e. The lowest BCUT2D eigenvalue weighted by Gasteiger charge is -2.06. The van der Waals surface area contributed by atoms with Crippen molar-refractivity contribution < 1.29 is 9.18 Å². The minimum atomic E-state index is -0.358. The van der Waals surface area contributed by atoms with Crippen molar-refractivity contribution in [3.8, 4) is 0 Å². The molecule has 21 heavy (non-hydrogen) atoms. The highest BCUT2D eigenvalue weighted by atomic mass is 19.1. The molecule has 0 aliphatic heterocycles. The van der Waals surface area contributed by atoms with Gasteiger partial charge in [0.05, 0.1) is 16.6 Å². The number of fused-ring (bicyclic) bond motifs is 1. The monoisotopic (exact) mass is 285 g/mol. The smallest absolute Gasteiger partial charge is 0.323 e. The van der Waals surface area contributed by atoms with E-state index in [1.54, 1.807) is 30.3 Å². The van der Waals surface area contributed by atoms with Crippen LogP contribution >= 0.6 is 0 Å².